The highest BCUT2D eigenvalue weighted by molar-refractivity contribution is 5.80. The number of benzene rings is 1. The minimum absolute atomic E-state index is 0.0782. The van der Waals surface area contributed by atoms with Crippen molar-refractivity contribution in [1.29, 1.82) is 0 Å². The van der Waals surface area contributed by atoms with E-state index in [1.165, 1.54) is 12.0 Å². The number of hydrogen-bond donors (Lipinski definition) is 0. The van der Waals surface area contributed by atoms with E-state index in [1.54, 1.807) is 0 Å². The van der Waals surface area contributed by atoms with Gasteiger partial charge in [-0.15, -0.1) is 0 Å². The summed E-state index contributed by atoms with van der Waals surface area (Å²) < 4.78 is 0. The highest BCUT2D eigenvalue weighted by Crippen LogP contribution is 2.36. The predicted octanol–water partition coefficient (Wildman–Crippen LogP) is 3.48. The molecule has 80 valence electrons. The quantitative estimate of drug-likeness (QED) is 0.637. The van der Waals surface area contributed by atoms with Crippen molar-refractivity contribution in [2.75, 3.05) is 0 Å². The van der Waals surface area contributed by atoms with Crippen LogP contribution in [0, 0.1) is 0 Å². The Balaban J connectivity index is 2.28. The predicted molar refractivity (Wildman–Crippen MR) is 61.9 cm³/mol. The van der Waals surface area contributed by atoms with Crippen LogP contribution in [0.1, 0.15) is 44.6 Å². The van der Waals surface area contributed by atoms with Crippen molar-refractivity contribution in [2.24, 2.45) is 0 Å². The Morgan fingerprint density at radius 2 is 1.87 bits per heavy atom. The van der Waals surface area contributed by atoms with Crippen LogP contribution in [-0.4, -0.2) is 5.78 Å². The van der Waals surface area contributed by atoms with E-state index < -0.39 is 0 Å². The van der Waals surface area contributed by atoms with Crippen LogP contribution in [0.15, 0.2) is 30.3 Å². The maximum atomic E-state index is 11.7. The van der Waals surface area contributed by atoms with Crippen LogP contribution in [0.3, 0.4) is 0 Å². The van der Waals surface area contributed by atoms with Crippen LogP contribution in [0.2, 0.25) is 0 Å². The van der Waals surface area contributed by atoms with Gasteiger partial charge >= 0.3 is 0 Å². The van der Waals surface area contributed by atoms with Gasteiger partial charge in [0.25, 0.3) is 0 Å². The van der Waals surface area contributed by atoms with Gasteiger partial charge in [-0.1, -0.05) is 43.7 Å². The molecule has 0 saturated heterocycles. The average molecular weight is 202 g/mol. The molecule has 1 aliphatic rings. The van der Waals surface area contributed by atoms with Crippen LogP contribution < -0.4 is 0 Å². The number of Topliss-reactive ketones (excluding diaryl/α,β-unsaturated/α-hetero) is 1. The minimum atomic E-state index is 0.0782. The summed E-state index contributed by atoms with van der Waals surface area (Å²) in [7, 11) is 0. The van der Waals surface area contributed by atoms with Crippen molar-refractivity contribution in [3.63, 3.8) is 0 Å². The first kappa shape index (κ1) is 10.4. The summed E-state index contributed by atoms with van der Waals surface area (Å²) in [5, 5.41) is 0. The first-order valence-electron chi connectivity index (χ1n) is 5.78. The van der Waals surface area contributed by atoms with Crippen molar-refractivity contribution in [1.82, 2.24) is 0 Å². The zero-order valence-corrected chi connectivity index (χ0v) is 9.33. The first-order valence-corrected chi connectivity index (χ1v) is 5.78. The summed E-state index contributed by atoms with van der Waals surface area (Å²) in [6.45, 7) is 2.23. The molecule has 0 heterocycles. The molecule has 1 heteroatoms. The van der Waals surface area contributed by atoms with Crippen LogP contribution in [-0.2, 0) is 10.2 Å². The van der Waals surface area contributed by atoms with E-state index >= 15 is 0 Å². The number of carbonyl (C=O) groups excluding carboxylic acids is 1. The second-order valence-corrected chi connectivity index (χ2v) is 4.85. The number of ketones is 1. The Kier molecular flexibility index (Phi) is 2.90. The molecule has 2 rings (SSSR count). The normalized spacial score (nSPS) is 27.4. The van der Waals surface area contributed by atoms with Gasteiger partial charge in [0, 0.05) is 12.8 Å². The van der Waals surface area contributed by atoms with E-state index in [0.29, 0.717) is 5.78 Å². The summed E-state index contributed by atoms with van der Waals surface area (Å²) in [6, 6.07) is 10.5. The lowest BCUT2D eigenvalue weighted by atomic mass is 9.76. The second-order valence-electron chi connectivity index (χ2n) is 4.85. The molecule has 0 N–H and O–H groups in total. The van der Waals surface area contributed by atoms with Crippen molar-refractivity contribution in [3.8, 4) is 0 Å². The maximum Gasteiger partial charge on any atom is 0.133 e. The van der Waals surface area contributed by atoms with Crippen molar-refractivity contribution in [3.05, 3.63) is 35.9 Å². The van der Waals surface area contributed by atoms with Gasteiger partial charge in [0.15, 0.2) is 0 Å². The molecular weight excluding hydrogens is 184 g/mol. The molecule has 15 heavy (non-hydrogen) atoms. The molecule has 1 saturated carbocycles. The van der Waals surface area contributed by atoms with E-state index in [2.05, 4.69) is 31.2 Å². The molecule has 0 aromatic heterocycles. The van der Waals surface area contributed by atoms with E-state index in [4.69, 9.17) is 0 Å². The summed E-state index contributed by atoms with van der Waals surface area (Å²) in [5.41, 5.74) is 1.40. The van der Waals surface area contributed by atoms with E-state index in [-0.39, 0.29) is 5.41 Å². The molecule has 0 spiro atoms. The molecular formula is C14H18O. The zero-order valence-electron chi connectivity index (χ0n) is 9.33. The zero-order chi connectivity index (χ0) is 10.7. The maximum absolute atomic E-state index is 11.7. The van der Waals surface area contributed by atoms with E-state index in [9.17, 15) is 4.79 Å². The molecule has 1 unspecified atom stereocenters. The number of hydrogen-bond acceptors (Lipinski definition) is 1. The summed E-state index contributed by atoms with van der Waals surface area (Å²) in [4.78, 5) is 11.7. The molecule has 1 aromatic carbocycles. The standard InChI is InChI=1S/C14H18O/c1-14(12-7-3-2-4-8-12)10-6-5-9-13(15)11-14/h2-4,7-8H,5-6,9-11H2,1H3. The van der Waals surface area contributed by atoms with Gasteiger partial charge in [0.2, 0.25) is 0 Å². The Morgan fingerprint density at radius 1 is 1.13 bits per heavy atom. The smallest absolute Gasteiger partial charge is 0.133 e. The van der Waals surface area contributed by atoms with E-state index in [0.717, 1.165) is 25.7 Å². The Labute approximate surface area is 91.5 Å². The van der Waals surface area contributed by atoms with Crippen LogP contribution in [0.25, 0.3) is 0 Å². The van der Waals surface area contributed by atoms with Crippen molar-refractivity contribution in [2.45, 2.75) is 44.4 Å². The van der Waals surface area contributed by atoms with Gasteiger partial charge in [-0.3, -0.25) is 4.79 Å². The van der Waals surface area contributed by atoms with Gasteiger partial charge in [-0.25, -0.2) is 0 Å². The number of carbonyl (C=O) groups is 1. The summed E-state index contributed by atoms with van der Waals surface area (Å²) >= 11 is 0. The molecule has 1 fully saturated rings. The molecule has 0 aliphatic heterocycles. The highest BCUT2D eigenvalue weighted by atomic mass is 16.1. The fraction of sp³-hybridized carbons (Fsp3) is 0.500. The fourth-order valence-corrected chi connectivity index (χ4v) is 2.54. The molecule has 1 aliphatic carbocycles. The molecule has 0 bridgehead atoms. The lowest BCUT2D eigenvalue weighted by Crippen LogP contribution is -2.23. The largest absolute Gasteiger partial charge is 0.300 e. The Hall–Kier alpha value is -1.11. The molecule has 0 amide bonds. The lowest BCUT2D eigenvalue weighted by molar-refractivity contribution is -0.119. The molecule has 1 aromatic rings. The minimum Gasteiger partial charge on any atom is -0.300 e. The van der Waals surface area contributed by atoms with Gasteiger partial charge < -0.3 is 0 Å². The van der Waals surface area contributed by atoms with Crippen molar-refractivity contribution < 1.29 is 4.79 Å². The third-order valence-electron chi connectivity index (χ3n) is 3.49. The van der Waals surface area contributed by atoms with Crippen LogP contribution in [0.4, 0.5) is 0 Å². The van der Waals surface area contributed by atoms with Crippen LogP contribution in [0.5, 0.6) is 0 Å². The Bertz CT molecular complexity index is 342. The van der Waals surface area contributed by atoms with Crippen LogP contribution >= 0.6 is 0 Å². The monoisotopic (exact) mass is 202 g/mol. The van der Waals surface area contributed by atoms with Gasteiger partial charge in [0.05, 0.1) is 0 Å². The first-order chi connectivity index (χ1) is 7.21. The fourth-order valence-electron chi connectivity index (χ4n) is 2.54. The highest BCUT2D eigenvalue weighted by Gasteiger charge is 2.30. The Morgan fingerprint density at radius 3 is 2.60 bits per heavy atom. The van der Waals surface area contributed by atoms with E-state index in [1.807, 2.05) is 6.07 Å². The molecule has 1 nitrogen and oxygen atoms in total. The van der Waals surface area contributed by atoms with Crippen molar-refractivity contribution >= 4 is 5.78 Å². The average Bonchev–Trinajstić information content (AvgIpc) is 2.42. The lowest BCUT2D eigenvalue weighted by Gasteiger charge is -2.27. The topological polar surface area (TPSA) is 17.1 Å². The summed E-state index contributed by atoms with van der Waals surface area (Å²) in [5.74, 6) is 0.429. The number of rotatable bonds is 1. The SMILES string of the molecule is CC1(c2ccccc2)CCCCC(=O)C1. The third kappa shape index (κ3) is 2.28. The second kappa shape index (κ2) is 4.18. The van der Waals surface area contributed by atoms with Gasteiger partial charge in [-0.2, -0.15) is 0 Å². The molecule has 1 atom stereocenters. The van der Waals surface area contributed by atoms with Gasteiger partial charge in [0.1, 0.15) is 5.78 Å². The van der Waals surface area contributed by atoms with Gasteiger partial charge in [-0.05, 0) is 23.8 Å². The summed E-state index contributed by atoms with van der Waals surface area (Å²) in [6.07, 6.45) is 4.89. The third-order valence-corrected chi connectivity index (χ3v) is 3.49. The molecule has 0 radical (unpaired) electrons.